The van der Waals surface area contributed by atoms with E-state index in [4.69, 9.17) is 14.2 Å². The molecule has 1 aliphatic rings. The van der Waals surface area contributed by atoms with Crippen molar-refractivity contribution in [3.8, 4) is 0 Å². The smallest absolute Gasteiger partial charge is 0.407 e. The zero-order chi connectivity index (χ0) is 33.3. The fraction of sp³-hybridized carbons (Fsp3) is 0.500. The summed E-state index contributed by atoms with van der Waals surface area (Å²) >= 11 is 1.44. The van der Waals surface area contributed by atoms with Gasteiger partial charge in [-0.2, -0.15) is 0 Å². The molecular formula is C36H48N4O6S. The number of carbonyl (C=O) groups is 3. The van der Waals surface area contributed by atoms with Crippen molar-refractivity contribution >= 4 is 29.3 Å². The molecule has 1 saturated heterocycles. The summed E-state index contributed by atoms with van der Waals surface area (Å²) < 4.78 is 16.3. The van der Waals surface area contributed by atoms with Crippen molar-refractivity contribution in [3.05, 3.63) is 88.4 Å². The fourth-order valence-electron chi connectivity index (χ4n) is 5.71. The highest BCUT2D eigenvalue weighted by molar-refractivity contribution is 7.09. The summed E-state index contributed by atoms with van der Waals surface area (Å²) in [6.07, 6.45) is 3.80. The largest absolute Gasteiger partial charge is 0.447 e. The number of ether oxygens (including phenoxy) is 3. The van der Waals surface area contributed by atoms with Crippen molar-refractivity contribution in [1.29, 1.82) is 0 Å². The summed E-state index contributed by atoms with van der Waals surface area (Å²) in [6, 6.07) is 19.3. The number of hydrogen-bond acceptors (Lipinski definition) is 9. The molecule has 3 atom stereocenters. The number of morpholine rings is 1. The van der Waals surface area contributed by atoms with E-state index >= 15 is 0 Å². The Hall–Kier alpha value is -3.80. The predicted molar refractivity (Wildman–Crippen MR) is 182 cm³/mol. The van der Waals surface area contributed by atoms with Gasteiger partial charge in [0.15, 0.2) is 5.78 Å². The predicted octanol–water partition coefficient (Wildman–Crippen LogP) is 5.80. The van der Waals surface area contributed by atoms with Gasteiger partial charge in [-0.25, -0.2) is 9.59 Å². The molecule has 1 fully saturated rings. The lowest BCUT2D eigenvalue weighted by Crippen LogP contribution is -2.46. The van der Waals surface area contributed by atoms with Gasteiger partial charge in [-0.15, -0.1) is 11.3 Å². The number of thiazole rings is 1. The molecule has 11 heteroatoms. The highest BCUT2D eigenvalue weighted by atomic mass is 32.1. The molecule has 10 nitrogen and oxygen atoms in total. The number of nitrogens with zero attached hydrogens (tertiary/aromatic N) is 2. The SMILES string of the molecule is CC(C)OC(=O)N[C@@H](CCN1CCOCC1)C(=O)C[C@H](CC[C@H](Cc1ccccc1)NC(=O)OCc1cncs1)Cc1ccccc1. The number of Topliss-reactive ketones (excluding diaryl/α,β-unsaturated/α-hetero) is 1. The summed E-state index contributed by atoms with van der Waals surface area (Å²) in [6.45, 7) is 7.35. The van der Waals surface area contributed by atoms with Gasteiger partial charge in [-0.05, 0) is 63.0 Å². The number of nitrogens with one attached hydrogen (secondary N) is 2. The van der Waals surface area contributed by atoms with E-state index in [0.717, 1.165) is 29.1 Å². The number of alkyl carbamates (subject to hydrolysis) is 2. The number of amides is 2. The van der Waals surface area contributed by atoms with Crippen LogP contribution in [0.1, 0.15) is 55.5 Å². The molecule has 1 aromatic heterocycles. The van der Waals surface area contributed by atoms with Gasteiger partial charge in [0.05, 0.1) is 35.7 Å². The van der Waals surface area contributed by atoms with Gasteiger partial charge in [0.25, 0.3) is 0 Å². The third-order valence-electron chi connectivity index (χ3n) is 8.12. The lowest BCUT2D eigenvalue weighted by atomic mass is 9.86. The summed E-state index contributed by atoms with van der Waals surface area (Å²) in [7, 11) is 0. The third-order valence-corrected chi connectivity index (χ3v) is 8.87. The lowest BCUT2D eigenvalue weighted by molar-refractivity contribution is -0.122. The van der Waals surface area contributed by atoms with E-state index in [1.165, 1.54) is 11.3 Å². The van der Waals surface area contributed by atoms with Gasteiger partial charge in [0.2, 0.25) is 0 Å². The topological polar surface area (TPSA) is 119 Å². The van der Waals surface area contributed by atoms with E-state index in [2.05, 4.69) is 32.7 Å². The first kappa shape index (κ1) is 36.0. The van der Waals surface area contributed by atoms with Crippen molar-refractivity contribution in [3.63, 3.8) is 0 Å². The number of rotatable bonds is 18. The van der Waals surface area contributed by atoms with Gasteiger partial charge in [0.1, 0.15) is 6.61 Å². The van der Waals surface area contributed by atoms with E-state index in [1.807, 2.05) is 48.5 Å². The minimum Gasteiger partial charge on any atom is -0.447 e. The first-order valence-electron chi connectivity index (χ1n) is 16.5. The van der Waals surface area contributed by atoms with Crippen LogP contribution in [0.5, 0.6) is 0 Å². The Morgan fingerprint density at radius 1 is 0.894 bits per heavy atom. The molecule has 2 N–H and O–H groups in total. The molecule has 0 unspecified atom stereocenters. The minimum absolute atomic E-state index is 0.00741. The fourth-order valence-corrected chi connectivity index (χ4v) is 6.22. The van der Waals surface area contributed by atoms with Crippen LogP contribution in [0.25, 0.3) is 0 Å². The molecule has 2 heterocycles. The lowest BCUT2D eigenvalue weighted by Gasteiger charge is -2.29. The molecule has 0 saturated carbocycles. The molecule has 4 rings (SSSR count). The van der Waals surface area contributed by atoms with Crippen molar-refractivity contribution in [1.82, 2.24) is 20.5 Å². The van der Waals surface area contributed by atoms with E-state index in [-0.39, 0.29) is 30.5 Å². The van der Waals surface area contributed by atoms with Crippen LogP contribution in [-0.2, 0) is 38.5 Å². The number of ketones is 1. The maximum atomic E-state index is 13.9. The summed E-state index contributed by atoms with van der Waals surface area (Å²) in [5, 5.41) is 5.93. The van der Waals surface area contributed by atoms with Crippen LogP contribution in [0.15, 0.2) is 72.4 Å². The van der Waals surface area contributed by atoms with Gasteiger partial charge in [-0.1, -0.05) is 60.7 Å². The number of aromatic nitrogens is 1. The molecule has 254 valence electrons. The van der Waals surface area contributed by atoms with E-state index in [9.17, 15) is 14.4 Å². The Bertz CT molecular complexity index is 1340. The molecule has 0 aliphatic carbocycles. The average molecular weight is 665 g/mol. The standard InChI is InChI=1S/C36H48N4O6S/c1-27(2)46-36(43)39-33(15-16-40-17-19-44-20-18-40)34(41)23-30(21-28-9-5-3-6-10-28)13-14-31(22-29-11-7-4-8-12-29)38-35(42)45-25-32-24-37-26-47-32/h3-12,24,26-27,30-31,33H,13-23,25H2,1-2H3,(H,38,42)(H,39,43)/t30-,31-,33+/m1/s1. The van der Waals surface area contributed by atoms with Crippen LogP contribution in [-0.4, -0.2) is 78.9 Å². The Labute approximate surface area is 282 Å². The van der Waals surface area contributed by atoms with Crippen molar-refractivity contribution in [2.24, 2.45) is 5.92 Å². The van der Waals surface area contributed by atoms with E-state index in [1.54, 1.807) is 25.6 Å². The third kappa shape index (κ3) is 13.8. The molecule has 47 heavy (non-hydrogen) atoms. The minimum atomic E-state index is -0.665. The Balaban J connectivity index is 1.45. The average Bonchev–Trinajstić information content (AvgIpc) is 3.59. The van der Waals surface area contributed by atoms with Gasteiger partial charge < -0.3 is 24.8 Å². The maximum Gasteiger partial charge on any atom is 0.407 e. The Morgan fingerprint density at radius 3 is 2.21 bits per heavy atom. The second-order valence-corrected chi connectivity index (χ2v) is 13.2. The first-order valence-corrected chi connectivity index (χ1v) is 17.4. The van der Waals surface area contributed by atoms with Crippen LogP contribution >= 0.6 is 11.3 Å². The van der Waals surface area contributed by atoms with Crippen LogP contribution < -0.4 is 10.6 Å². The van der Waals surface area contributed by atoms with Crippen molar-refractivity contribution in [2.45, 2.75) is 77.2 Å². The molecule has 0 bridgehead atoms. The Kier molecular flexibility index (Phi) is 15.2. The monoisotopic (exact) mass is 664 g/mol. The summed E-state index contributed by atoms with van der Waals surface area (Å²) in [5.41, 5.74) is 3.95. The maximum absolute atomic E-state index is 13.9. The number of carbonyl (C=O) groups excluding carboxylic acids is 3. The summed E-state index contributed by atoms with van der Waals surface area (Å²) in [5.74, 6) is -0.0246. The second kappa shape index (κ2) is 19.8. The Morgan fingerprint density at radius 2 is 1.57 bits per heavy atom. The van der Waals surface area contributed by atoms with Crippen molar-refractivity contribution < 1.29 is 28.6 Å². The van der Waals surface area contributed by atoms with Gasteiger partial charge in [-0.3, -0.25) is 14.7 Å². The molecule has 1 aliphatic heterocycles. The van der Waals surface area contributed by atoms with Crippen LogP contribution in [0, 0.1) is 5.92 Å². The van der Waals surface area contributed by atoms with E-state index < -0.39 is 18.2 Å². The van der Waals surface area contributed by atoms with Crippen molar-refractivity contribution in [2.75, 3.05) is 32.8 Å². The molecule has 0 radical (unpaired) electrons. The number of hydrogen-bond donors (Lipinski definition) is 2. The molecule has 2 amide bonds. The van der Waals surface area contributed by atoms with Crippen LogP contribution in [0.3, 0.4) is 0 Å². The summed E-state index contributed by atoms with van der Waals surface area (Å²) in [4.78, 5) is 46.6. The highest BCUT2D eigenvalue weighted by Crippen LogP contribution is 2.22. The zero-order valence-corrected chi connectivity index (χ0v) is 28.3. The van der Waals surface area contributed by atoms with Gasteiger partial charge in [0, 0.05) is 38.3 Å². The van der Waals surface area contributed by atoms with Crippen LogP contribution in [0.4, 0.5) is 9.59 Å². The number of benzene rings is 2. The first-order chi connectivity index (χ1) is 22.8. The van der Waals surface area contributed by atoms with Gasteiger partial charge >= 0.3 is 12.2 Å². The second-order valence-electron chi connectivity index (χ2n) is 12.3. The molecule has 0 spiro atoms. The normalized spacial score (nSPS) is 15.4. The molecular weight excluding hydrogens is 616 g/mol. The molecule has 2 aromatic carbocycles. The highest BCUT2D eigenvalue weighted by Gasteiger charge is 2.27. The molecule has 3 aromatic rings. The quantitative estimate of drug-likeness (QED) is 0.175. The van der Waals surface area contributed by atoms with E-state index in [0.29, 0.717) is 58.3 Å². The van der Waals surface area contributed by atoms with Crippen LogP contribution in [0.2, 0.25) is 0 Å². The zero-order valence-electron chi connectivity index (χ0n) is 27.5.